The molecule has 0 aliphatic rings. The molecule has 0 aliphatic carbocycles. The van der Waals surface area contributed by atoms with E-state index in [1.807, 2.05) is 36.4 Å². The van der Waals surface area contributed by atoms with Crippen LogP contribution in [-0.4, -0.2) is 25.1 Å². The summed E-state index contributed by atoms with van der Waals surface area (Å²) in [6, 6.07) is 20.2. The van der Waals surface area contributed by atoms with E-state index in [0.717, 1.165) is 11.6 Å². The van der Waals surface area contributed by atoms with Crippen LogP contribution < -0.4 is 19.5 Å². The highest BCUT2D eigenvalue weighted by Gasteiger charge is 2.18. The molecular weight excluding hydrogens is 438 g/mol. The van der Waals surface area contributed by atoms with E-state index >= 15 is 0 Å². The lowest BCUT2D eigenvalue weighted by molar-refractivity contribution is -0.384. The number of hydrogen-bond acceptors (Lipinski definition) is 7. The van der Waals surface area contributed by atoms with Crippen LogP contribution in [-0.2, 0) is 11.4 Å². The average molecular weight is 459 g/mol. The zero-order valence-electron chi connectivity index (χ0n) is 18.5. The first-order valence-electron chi connectivity index (χ1n) is 10.1. The molecule has 1 N–H and O–H groups in total. The molecule has 0 bridgehead atoms. The molecule has 0 heterocycles. The third kappa shape index (κ3) is 5.69. The molecule has 9 heteroatoms. The standard InChI is InChI=1S/C25H21N3O6/c1-32-22-12-11-20(28(30)31)14-21(22)27-25(29)19(15-26)13-18-9-6-10-23(33-2)24(18)34-16-17-7-4-3-5-8-17/h3-14H,16H2,1-2H3,(H,27,29)/b19-13+. The molecule has 9 nitrogen and oxygen atoms in total. The van der Waals surface area contributed by atoms with Crippen LogP contribution in [0, 0.1) is 21.4 Å². The van der Waals surface area contributed by atoms with Gasteiger partial charge in [0.2, 0.25) is 0 Å². The zero-order valence-corrected chi connectivity index (χ0v) is 18.5. The van der Waals surface area contributed by atoms with E-state index in [4.69, 9.17) is 14.2 Å². The Bertz CT molecular complexity index is 1270. The van der Waals surface area contributed by atoms with E-state index in [1.165, 1.54) is 32.4 Å². The quantitative estimate of drug-likeness (QED) is 0.212. The number of nitrogens with zero attached hydrogens (tertiary/aromatic N) is 2. The summed E-state index contributed by atoms with van der Waals surface area (Å²) in [5.41, 5.74) is 0.968. The maximum Gasteiger partial charge on any atom is 0.271 e. The number of methoxy groups -OCH3 is 2. The smallest absolute Gasteiger partial charge is 0.271 e. The van der Waals surface area contributed by atoms with Gasteiger partial charge in [-0.15, -0.1) is 0 Å². The van der Waals surface area contributed by atoms with E-state index in [2.05, 4.69) is 5.32 Å². The Morgan fingerprint density at radius 2 is 1.79 bits per heavy atom. The van der Waals surface area contributed by atoms with Gasteiger partial charge in [-0.3, -0.25) is 14.9 Å². The van der Waals surface area contributed by atoms with Crippen LogP contribution in [0.5, 0.6) is 17.2 Å². The van der Waals surface area contributed by atoms with Gasteiger partial charge in [0, 0.05) is 17.7 Å². The zero-order chi connectivity index (χ0) is 24.5. The van der Waals surface area contributed by atoms with Crippen LogP contribution in [0.25, 0.3) is 6.08 Å². The fraction of sp³-hybridized carbons (Fsp3) is 0.120. The topological polar surface area (TPSA) is 124 Å². The Kier molecular flexibility index (Phi) is 7.81. The van der Waals surface area contributed by atoms with E-state index in [0.29, 0.717) is 17.1 Å². The maximum atomic E-state index is 12.8. The molecule has 1 amide bonds. The van der Waals surface area contributed by atoms with Gasteiger partial charge in [-0.05, 0) is 23.8 Å². The third-order valence-electron chi connectivity index (χ3n) is 4.76. The Balaban J connectivity index is 1.92. The predicted molar refractivity (Wildman–Crippen MR) is 126 cm³/mol. The number of nitrogens with one attached hydrogen (secondary N) is 1. The predicted octanol–water partition coefficient (Wildman–Crippen LogP) is 4.74. The molecule has 0 aliphatic heterocycles. The van der Waals surface area contributed by atoms with Crippen molar-refractivity contribution in [1.82, 2.24) is 0 Å². The van der Waals surface area contributed by atoms with Crippen LogP contribution in [0.1, 0.15) is 11.1 Å². The van der Waals surface area contributed by atoms with Gasteiger partial charge < -0.3 is 19.5 Å². The van der Waals surface area contributed by atoms with E-state index in [1.54, 1.807) is 18.2 Å². The summed E-state index contributed by atoms with van der Waals surface area (Å²) in [5, 5.41) is 23.2. The molecule has 0 unspecified atom stereocenters. The number of hydrogen-bond donors (Lipinski definition) is 1. The lowest BCUT2D eigenvalue weighted by Crippen LogP contribution is -2.14. The van der Waals surface area contributed by atoms with Gasteiger partial charge in [-0.2, -0.15) is 5.26 Å². The van der Waals surface area contributed by atoms with Gasteiger partial charge in [0.15, 0.2) is 11.5 Å². The summed E-state index contributed by atoms with van der Waals surface area (Å²) in [6.45, 7) is 0.251. The molecule has 0 fully saturated rings. The number of non-ortho nitro benzene ring substituents is 1. The number of amides is 1. The first-order valence-corrected chi connectivity index (χ1v) is 10.1. The number of ether oxygens (including phenoxy) is 3. The van der Waals surface area contributed by atoms with Crippen molar-refractivity contribution in [2.45, 2.75) is 6.61 Å². The molecule has 0 atom stereocenters. The van der Waals surface area contributed by atoms with Gasteiger partial charge in [0.05, 0.1) is 24.8 Å². The number of rotatable bonds is 9. The number of nitro benzene ring substituents is 1. The van der Waals surface area contributed by atoms with Gasteiger partial charge in [-0.1, -0.05) is 42.5 Å². The fourth-order valence-electron chi connectivity index (χ4n) is 3.09. The molecular formula is C25H21N3O6. The Labute approximate surface area is 196 Å². The number of carbonyl (C=O) groups is 1. The largest absolute Gasteiger partial charge is 0.495 e. The van der Waals surface area contributed by atoms with Crippen molar-refractivity contribution in [1.29, 1.82) is 5.26 Å². The number of para-hydroxylation sites is 1. The number of benzene rings is 3. The van der Waals surface area contributed by atoms with Gasteiger partial charge in [0.1, 0.15) is 24.0 Å². The van der Waals surface area contributed by atoms with Crippen molar-refractivity contribution < 1.29 is 23.9 Å². The number of nitriles is 1. The Morgan fingerprint density at radius 1 is 1.06 bits per heavy atom. The molecule has 3 aromatic rings. The van der Waals surface area contributed by atoms with Crippen LogP contribution in [0.15, 0.2) is 72.3 Å². The minimum Gasteiger partial charge on any atom is -0.495 e. The SMILES string of the molecule is COc1ccc([N+](=O)[O-])cc1NC(=O)/C(C#N)=C/c1cccc(OC)c1OCc1ccccc1. The number of carbonyl (C=O) groups excluding carboxylic acids is 1. The number of nitro groups is 1. The van der Waals surface area contributed by atoms with Crippen molar-refractivity contribution >= 4 is 23.4 Å². The Morgan fingerprint density at radius 3 is 2.44 bits per heavy atom. The molecule has 0 aromatic heterocycles. The van der Waals surface area contributed by atoms with Crippen molar-refractivity contribution in [3.63, 3.8) is 0 Å². The molecule has 3 aromatic carbocycles. The normalized spacial score (nSPS) is 10.7. The highest BCUT2D eigenvalue weighted by molar-refractivity contribution is 6.10. The first kappa shape index (κ1) is 23.8. The summed E-state index contributed by atoms with van der Waals surface area (Å²) >= 11 is 0. The number of anilines is 1. The van der Waals surface area contributed by atoms with Crippen molar-refractivity contribution in [2.75, 3.05) is 19.5 Å². The monoisotopic (exact) mass is 459 g/mol. The summed E-state index contributed by atoms with van der Waals surface area (Å²) < 4.78 is 16.5. The van der Waals surface area contributed by atoms with E-state index in [9.17, 15) is 20.2 Å². The lowest BCUT2D eigenvalue weighted by Gasteiger charge is -2.14. The van der Waals surface area contributed by atoms with Crippen LogP contribution >= 0.6 is 0 Å². The highest BCUT2D eigenvalue weighted by atomic mass is 16.6. The average Bonchev–Trinajstić information content (AvgIpc) is 2.86. The molecule has 3 rings (SSSR count). The summed E-state index contributed by atoms with van der Waals surface area (Å²) in [4.78, 5) is 23.3. The summed E-state index contributed by atoms with van der Waals surface area (Å²) in [6.07, 6.45) is 1.36. The van der Waals surface area contributed by atoms with Crippen LogP contribution in [0.3, 0.4) is 0 Å². The summed E-state index contributed by atoms with van der Waals surface area (Å²) in [7, 11) is 2.86. The van der Waals surface area contributed by atoms with Crippen LogP contribution in [0.4, 0.5) is 11.4 Å². The molecule has 0 saturated heterocycles. The third-order valence-corrected chi connectivity index (χ3v) is 4.76. The van der Waals surface area contributed by atoms with Crippen molar-refractivity contribution in [3.8, 4) is 23.3 Å². The second-order valence-corrected chi connectivity index (χ2v) is 6.92. The second kappa shape index (κ2) is 11.2. The van der Waals surface area contributed by atoms with Gasteiger partial charge in [-0.25, -0.2) is 0 Å². The molecule has 34 heavy (non-hydrogen) atoms. The maximum absolute atomic E-state index is 12.8. The van der Waals surface area contributed by atoms with E-state index in [-0.39, 0.29) is 29.3 Å². The molecule has 172 valence electrons. The van der Waals surface area contributed by atoms with Gasteiger partial charge >= 0.3 is 0 Å². The highest BCUT2D eigenvalue weighted by Crippen LogP contribution is 2.34. The van der Waals surface area contributed by atoms with Crippen molar-refractivity contribution in [3.05, 3.63) is 93.5 Å². The first-order chi connectivity index (χ1) is 16.5. The minimum absolute atomic E-state index is 0.0639. The van der Waals surface area contributed by atoms with Gasteiger partial charge in [0.25, 0.3) is 11.6 Å². The Hall–Kier alpha value is -4.84. The lowest BCUT2D eigenvalue weighted by atomic mass is 10.1. The molecule has 0 radical (unpaired) electrons. The van der Waals surface area contributed by atoms with Crippen LogP contribution in [0.2, 0.25) is 0 Å². The molecule has 0 spiro atoms. The van der Waals surface area contributed by atoms with Crippen molar-refractivity contribution in [2.24, 2.45) is 0 Å². The second-order valence-electron chi connectivity index (χ2n) is 6.92. The minimum atomic E-state index is -0.766. The molecule has 0 saturated carbocycles. The summed E-state index contributed by atoms with van der Waals surface area (Å²) in [5.74, 6) is 0.243. The van der Waals surface area contributed by atoms with E-state index < -0.39 is 10.8 Å². The fourth-order valence-corrected chi connectivity index (χ4v) is 3.09.